The molecule has 0 atom stereocenters. The minimum absolute atomic E-state index is 0.365. The summed E-state index contributed by atoms with van der Waals surface area (Å²) in [7, 11) is 0. The molecule has 1 aliphatic heterocycles. The number of anilines is 1. The second-order valence-electron chi connectivity index (χ2n) is 4.39. The van der Waals surface area contributed by atoms with E-state index in [4.69, 9.17) is 5.26 Å². The molecule has 14 heavy (non-hydrogen) atoms. The molecule has 0 bridgehead atoms. The van der Waals surface area contributed by atoms with E-state index in [1.54, 1.807) is 6.20 Å². The summed E-state index contributed by atoms with van der Waals surface area (Å²) >= 11 is 0. The van der Waals surface area contributed by atoms with Gasteiger partial charge in [-0.15, -0.1) is 0 Å². The molecule has 2 heterocycles. The molecule has 0 aliphatic carbocycles. The molecule has 1 aliphatic rings. The van der Waals surface area contributed by atoms with Crippen LogP contribution in [0, 0.1) is 16.7 Å². The predicted molar refractivity (Wildman–Crippen MR) is 52.7 cm³/mol. The molecule has 4 nitrogen and oxygen atoms in total. The minimum atomic E-state index is 0.365. The lowest BCUT2D eigenvalue weighted by Gasteiger charge is -2.46. The molecule has 0 radical (unpaired) electrons. The summed E-state index contributed by atoms with van der Waals surface area (Å²) < 4.78 is 0. The van der Waals surface area contributed by atoms with Crippen molar-refractivity contribution in [2.75, 3.05) is 18.0 Å². The number of hydrogen-bond donors (Lipinski definition) is 0. The molecule has 4 heteroatoms. The Balaban J connectivity index is 2.16. The Kier molecular flexibility index (Phi) is 1.88. The van der Waals surface area contributed by atoms with E-state index in [1.807, 2.05) is 6.07 Å². The van der Waals surface area contributed by atoms with Crippen molar-refractivity contribution in [3.05, 3.63) is 18.1 Å². The lowest BCUT2D eigenvalue weighted by atomic mass is 9.84. The summed E-state index contributed by atoms with van der Waals surface area (Å²) in [5.41, 5.74) is 0.747. The van der Waals surface area contributed by atoms with Crippen LogP contribution in [0.25, 0.3) is 0 Å². The number of aromatic nitrogens is 2. The van der Waals surface area contributed by atoms with Crippen molar-refractivity contribution in [3.63, 3.8) is 0 Å². The normalized spacial score (nSPS) is 18.5. The average Bonchev–Trinajstić information content (AvgIpc) is 2.14. The summed E-state index contributed by atoms with van der Waals surface area (Å²) in [5.74, 6) is 0.809. The van der Waals surface area contributed by atoms with Crippen LogP contribution in [0.15, 0.2) is 12.4 Å². The Morgan fingerprint density at radius 2 is 2.14 bits per heavy atom. The SMILES string of the molecule is CC1(C)CN(c2cncc(C#N)n2)C1. The highest BCUT2D eigenvalue weighted by molar-refractivity contribution is 5.42. The number of nitriles is 1. The van der Waals surface area contributed by atoms with Gasteiger partial charge in [-0.1, -0.05) is 13.8 Å². The van der Waals surface area contributed by atoms with Crippen LogP contribution in [0.3, 0.4) is 0 Å². The van der Waals surface area contributed by atoms with Gasteiger partial charge < -0.3 is 4.90 Å². The van der Waals surface area contributed by atoms with Crippen LogP contribution in [0.5, 0.6) is 0 Å². The van der Waals surface area contributed by atoms with Gasteiger partial charge in [0.25, 0.3) is 0 Å². The molecule has 2 rings (SSSR count). The van der Waals surface area contributed by atoms with Gasteiger partial charge in [0.15, 0.2) is 5.69 Å². The minimum Gasteiger partial charge on any atom is -0.354 e. The monoisotopic (exact) mass is 188 g/mol. The third-order valence-corrected chi connectivity index (χ3v) is 2.30. The van der Waals surface area contributed by atoms with Crippen LogP contribution in [0.2, 0.25) is 0 Å². The topological polar surface area (TPSA) is 52.8 Å². The molecule has 1 aromatic rings. The number of hydrogen-bond acceptors (Lipinski definition) is 4. The molecule has 1 saturated heterocycles. The van der Waals surface area contributed by atoms with E-state index in [9.17, 15) is 0 Å². The van der Waals surface area contributed by atoms with Gasteiger partial charge in [-0.2, -0.15) is 5.26 Å². The van der Waals surface area contributed by atoms with Crippen molar-refractivity contribution in [2.45, 2.75) is 13.8 Å². The second kappa shape index (κ2) is 2.95. The zero-order valence-electron chi connectivity index (χ0n) is 8.36. The van der Waals surface area contributed by atoms with Crippen molar-refractivity contribution in [2.24, 2.45) is 5.41 Å². The molecule has 72 valence electrons. The Morgan fingerprint density at radius 1 is 1.43 bits per heavy atom. The Labute approximate surface area is 83.2 Å². The first-order chi connectivity index (χ1) is 6.61. The van der Waals surface area contributed by atoms with E-state index in [0.29, 0.717) is 11.1 Å². The van der Waals surface area contributed by atoms with Gasteiger partial charge in [0.1, 0.15) is 11.9 Å². The van der Waals surface area contributed by atoms with Gasteiger partial charge in [-0.3, -0.25) is 4.98 Å². The van der Waals surface area contributed by atoms with Crippen molar-refractivity contribution >= 4 is 5.82 Å². The standard InChI is InChI=1S/C10H12N4/c1-10(2)6-14(7-10)9-5-12-4-8(3-11)13-9/h4-5H,6-7H2,1-2H3. The molecular formula is C10H12N4. The van der Waals surface area contributed by atoms with Gasteiger partial charge in [0, 0.05) is 13.1 Å². The third kappa shape index (κ3) is 1.53. The molecule has 0 amide bonds. The van der Waals surface area contributed by atoms with Crippen LogP contribution in [-0.4, -0.2) is 23.1 Å². The fourth-order valence-electron chi connectivity index (χ4n) is 1.71. The lowest BCUT2D eigenvalue weighted by molar-refractivity contribution is 0.274. The van der Waals surface area contributed by atoms with Crippen molar-refractivity contribution in [3.8, 4) is 6.07 Å². The first-order valence-corrected chi connectivity index (χ1v) is 4.58. The van der Waals surface area contributed by atoms with Crippen LogP contribution in [-0.2, 0) is 0 Å². The maximum atomic E-state index is 8.67. The van der Waals surface area contributed by atoms with E-state index < -0.39 is 0 Å². The largest absolute Gasteiger partial charge is 0.354 e. The van der Waals surface area contributed by atoms with Crippen LogP contribution < -0.4 is 4.90 Å². The van der Waals surface area contributed by atoms with Crippen LogP contribution in [0.1, 0.15) is 19.5 Å². The van der Waals surface area contributed by atoms with Crippen LogP contribution >= 0.6 is 0 Å². The van der Waals surface area contributed by atoms with E-state index in [0.717, 1.165) is 18.9 Å². The smallest absolute Gasteiger partial charge is 0.161 e. The molecule has 0 unspecified atom stereocenters. The molecule has 0 saturated carbocycles. The summed E-state index contributed by atoms with van der Waals surface area (Å²) in [4.78, 5) is 10.3. The quantitative estimate of drug-likeness (QED) is 0.664. The third-order valence-electron chi connectivity index (χ3n) is 2.30. The maximum Gasteiger partial charge on any atom is 0.161 e. The van der Waals surface area contributed by atoms with Gasteiger partial charge in [-0.05, 0) is 5.41 Å². The molecule has 1 aromatic heterocycles. The first-order valence-electron chi connectivity index (χ1n) is 4.58. The fraction of sp³-hybridized carbons (Fsp3) is 0.500. The molecular weight excluding hydrogens is 176 g/mol. The van der Waals surface area contributed by atoms with Crippen LogP contribution in [0.4, 0.5) is 5.82 Å². The summed E-state index contributed by atoms with van der Waals surface area (Å²) in [6, 6.07) is 1.99. The summed E-state index contributed by atoms with van der Waals surface area (Å²) in [6.45, 7) is 6.39. The van der Waals surface area contributed by atoms with E-state index in [1.165, 1.54) is 6.20 Å². The first kappa shape index (κ1) is 8.95. The summed E-state index contributed by atoms with van der Waals surface area (Å²) in [6.07, 6.45) is 3.19. The molecule has 0 N–H and O–H groups in total. The highest BCUT2D eigenvalue weighted by Crippen LogP contribution is 2.31. The zero-order valence-corrected chi connectivity index (χ0v) is 8.36. The van der Waals surface area contributed by atoms with E-state index in [-0.39, 0.29) is 0 Å². The Bertz CT molecular complexity index is 383. The van der Waals surface area contributed by atoms with Gasteiger partial charge in [0.05, 0.1) is 12.4 Å². The molecule has 0 spiro atoms. The zero-order chi connectivity index (χ0) is 10.2. The van der Waals surface area contributed by atoms with Gasteiger partial charge in [-0.25, -0.2) is 4.98 Å². The Hall–Kier alpha value is -1.63. The van der Waals surface area contributed by atoms with E-state index in [2.05, 4.69) is 28.7 Å². The Morgan fingerprint density at radius 3 is 2.71 bits per heavy atom. The highest BCUT2D eigenvalue weighted by atomic mass is 15.3. The van der Waals surface area contributed by atoms with Crippen molar-refractivity contribution in [1.82, 2.24) is 9.97 Å². The van der Waals surface area contributed by atoms with Crippen molar-refractivity contribution in [1.29, 1.82) is 5.26 Å². The maximum absolute atomic E-state index is 8.67. The average molecular weight is 188 g/mol. The number of rotatable bonds is 1. The summed E-state index contributed by atoms with van der Waals surface area (Å²) in [5, 5.41) is 8.67. The van der Waals surface area contributed by atoms with Gasteiger partial charge in [0.2, 0.25) is 0 Å². The number of nitrogens with zero attached hydrogens (tertiary/aromatic N) is 4. The lowest BCUT2D eigenvalue weighted by Crippen LogP contribution is -2.53. The van der Waals surface area contributed by atoms with E-state index >= 15 is 0 Å². The predicted octanol–water partition coefficient (Wildman–Crippen LogP) is 1.19. The highest BCUT2D eigenvalue weighted by Gasteiger charge is 2.34. The van der Waals surface area contributed by atoms with Gasteiger partial charge >= 0.3 is 0 Å². The second-order valence-corrected chi connectivity index (χ2v) is 4.39. The molecule has 0 aromatic carbocycles. The van der Waals surface area contributed by atoms with Crippen molar-refractivity contribution < 1.29 is 0 Å². The molecule has 1 fully saturated rings. The fourth-order valence-corrected chi connectivity index (χ4v) is 1.71.